The molecule has 0 bridgehead atoms. The summed E-state index contributed by atoms with van der Waals surface area (Å²) >= 11 is 0. The third kappa shape index (κ3) is 3.68. The Morgan fingerprint density at radius 1 is 0.926 bits per heavy atom. The van der Waals surface area contributed by atoms with Crippen molar-refractivity contribution in [2.45, 2.75) is 53.1 Å². The highest BCUT2D eigenvalue weighted by molar-refractivity contribution is 5.96. The zero-order valence-electron chi connectivity index (χ0n) is 15.5. The SMILES string of the molecule is Cc1noc(Cc2c(F)c(F)c(F)c(F)c2F)c1C(=O)N(C(C)C)C(C)C. The van der Waals surface area contributed by atoms with Gasteiger partial charge in [-0.1, -0.05) is 5.16 Å². The number of benzene rings is 1. The van der Waals surface area contributed by atoms with Gasteiger partial charge in [0.05, 0.1) is 5.69 Å². The van der Waals surface area contributed by atoms with Crippen molar-refractivity contribution in [1.29, 1.82) is 0 Å². The number of aryl methyl sites for hydroxylation is 1. The maximum absolute atomic E-state index is 14.0. The molecular weight excluding hydrogens is 371 g/mol. The van der Waals surface area contributed by atoms with E-state index in [4.69, 9.17) is 4.52 Å². The van der Waals surface area contributed by atoms with E-state index in [-0.39, 0.29) is 29.1 Å². The van der Waals surface area contributed by atoms with E-state index < -0.39 is 47.0 Å². The first-order valence-corrected chi connectivity index (χ1v) is 8.27. The lowest BCUT2D eigenvalue weighted by molar-refractivity contribution is 0.0641. The van der Waals surface area contributed by atoms with Crippen LogP contribution >= 0.6 is 0 Å². The minimum Gasteiger partial charge on any atom is -0.360 e. The summed E-state index contributed by atoms with van der Waals surface area (Å²) < 4.78 is 73.0. The van der Waals surface area contributed by atoms with Gasteiger partial charge in [-0.25, -0.2) is 22.0 Å². The molecule has 0 unspecified atom stereocenters. The van der Waals surface area contributed by atoms with Gasteiger partial charge in [-0.2, -0.15) is 0 Å². The van der Waals surface area contributed by atoms with Crippen LogP contribution in [0.2, 0.25) is 0 Å². The van der Waals surface area contributed by atoms with Gasteiger partial charge in [0.1, 0.15) is 5.56 Å². The fourth-order valence-corrected chi connectivity index (χ4v) is 2.97. The van der Waals surface area contributed by atoms with Gasteiger partial charge in [0, 0.05) is 24.1 Å². The number of carbonyl (C=O) groups excluding carboxylic acids is 1. The van der Waals surface area contributed by atoms with Crippen LogP contribution in [0.15, 0.2) is 4.52 Å². The molecule has 0 spiro atoms. The minimum absolute atomic E-state index is 0.0543. The second-order valence-corrected chi connectivity index (χ2v) is 6.69. The van der Waals surface area contributed by atoms with E-state index in [2.05, 4.69) is 5.16 Å². The Labute approximate surface area is 152 Å². The molecule has 0 saturated carbocycles. The van der Waals surface area contributed by atoms with Crippen LogP contribution < -0.4 is 0 Å². The van der Waals surface area contributed by atoms with E-state index in [9.17, 15) is 26.7 Å². The smallest absolute Gasteiger partial charge is 0.259 e. The van der Waals surface area contributed by atoms with Crippen molar-refractivity contribution in [2.75, 3.05) is 0 Å². The number of hydrogen-bond acceptors (Lipinski definition) is 3. The maximum atomic E-state index is 14.0. The lowest BCUT2D eigenvalue weighted by Crippen LogP contribution is -2.42. The van der Waals surface area contributed by atoms with Crippen LogP contribution in [0.5, 0.6) is 0 Å². The summed E-state index contributed by atoms with van der Waals surface area (Å²) in [6, 6.07) is -0.400. The standard InChI is InChI=1S/C18H19F5N2O2/c1-7(2)25(8(3)4)18(26)12-9(5)24-27-11(12)6-10-13(19)15(21)17(23)16(22)14(10)20/h7-8H,6H2,1-5H3. The molecule has 1 amide bonds. The molecule has 0 fully saturated rings. The maximum Gasteiger partial charge on any atom is 0.259 e. The summed E-state index contributed by atoms with van der Waals surface area (Å²) in [5.41, 5.74) is -0.983. The molecule has 0 radical (unpaired) electrons. The average molecular weight is 390 g/mol. The van der Waals surface area contributed by atoms with Crippen LogP contribution in [0.3, 0.4) is 0 Å². The highest BCUT2D eigenvalue weighted by Crippen LogP contribution is 2.28. The molecule has 2 rings (SSSR count). The van der Waals surface area contributed by atoms with Crippen molar-refractivity contribution in [3.63, 3.8) is 0 Å². The van der Waals surface area contributed by atoms with E-state index in [0.717, 1.165) is 0 Å². The van der Waals surface area contributed by atoms with E-state index >= 15 is 0 Å². The minimum atomic E-state index is -2.25. The van der Waals surface area contributed by atoms with Crippen molar-refractivity contribution in [3.05, 3.63) is 51.7 Å². The number of hydrogen-bond donors (Lipinski definition) is 0. The van der Waals surface area contributed by atoms with Gasteiger partial charge in [0.15, 0.2) is 29.0 Å². The van der Waals surface area contributed by atoms with E-state index in [1.54, 1.807) is 27.7 Å². The number of amides is 1. The number of halogens is 5. The highest BCUT2D eigenvalue weighted by Gasteiger charge is 2.31. The molecule has 2 aromatic rings. The molecule has 0 N–H and O–H groups in total. The number of carbonyl (C=O) groups is 1. The molecule has 0 atom stereocenters. The summed E-state index contributed by atoms with van der Waals surface area (Å²) in [6.45, 7) is 8.58. The number of rotatable bonds is 5. The van der Waals surface area contributed by atoms with Crippen LogP contribution in [0.4, 0.5) is 22.0 Å². The molecule has 1 heterocycles. The van der Waals surface area contributed by atoms with Crippen molar-refractivity contribution >= 4 is 5.91 Å². The lowest BCUT2D eigenvalue weighted by atomic mass is 10.0. The summed E-state index contributed by atoms with van der Waals surface area (Å²) in [5, 5.41) is 3.63. The molecule has 9 heteroatoms. The Morgan fingerprint density at radius 2 is 1.37 bits per heavy atom. The van der Waals surface area contributed by atoms with Gasteiger partial charge in [0.25, 0.3) is 5.91 Å². The summed E-state index contributed by atoms with van der Waals surface area (Å²) in [6.07, 6.45) is -0.808. The predicted octanol–water partition coefficient (Wildman–Crippen LogP) is 4.53. The molecule has 148 valence electrons. The van der Waals surface area contributed by atoms with Crippen LogP contribution in [-0.2, 0) is 6.42 Å². The van der Waals surface area contributed by atoms with E-state index in [1.807, 2.05) is 0 Å². The lowest BCUT2D eigenvalue weighted by Gasteiger charge is -2.30. The molecule has 1 aromatic carbocycles. The largest absolute Gasteiger partial charge is 0.360 e. The molecule has 0 saturated heterocycles. The first-order valence-electron chi connectivity index (χ1n) is 8.27. The van der Waals surface area contributed by atoms with Gasteiger partial charge >= 0.3 is 0 Å². The third-order valence-corrected chi connectivity index (χ3v) is 4.13. The topological polar surface area (TPSA) is 46.3 Å². The Hall–Kier alpha value is -2.45. The fourth-order valence-electron chi connectivity index (χ4n) is 2.97. The first-order chi connectivity index (χ1) is 12.5. The average Bonchev–Trinajstić information content (AvgIpc) is 2.94. The first kappa shape index (κ1) is 20.9. The number of nitrogens with zero attached hydrogens (tertiary/aromatic N) is 2. The molecule has 4 nitrogen and oxygen atoms in total. The Balaban J connectivity index is 2.55. The van der Waals surface area contributed by atoms with E-state index in [0.29, 0.717) is 0 Å². The van der Waals surface area contributed by atoms with Crippen molar-refractivity contribution in [2.24, 2.45) is 0 Å². The van der Waals surface area contributed by atoms with Crippen molar-refractivity contribution in [3.8, 4) is 0 Å². The second-order valence-electron chi connectivity index (χ2n) is 6.69. The third-order valence-electron chi connectivity index (χ3n) is 4.13. The van der Waals surface area contributed by atoms with Crippen LogP contribution in [-0.4, -0.2) is 28.0 Å². The fraction of sp³-hybridized carbons (Fsp3) is 0.444. The van der Waals surface area contributed by atoms with Gasteiger partial charge < -0.3 is 9.42 Å². The summed E-state index contributed by atoms with van der Waals surface area (Å²) in [5.74, 6) is -11.1. The quantitative estimate of drug-likeness (QED) is 0.428. The van der Waals surface area contributed by atoms with Gasteiger partial charge in [0.2, 0.25) is 5.82 Å². The Kier molecular flexibility index (Phi) is 5.91. The van der Waals surface area contributed by atoms with Gasteiger partial charge in [-0.3, -0.25) is 4.79 Å². The zero-order chi connectivity index (χ0) is 20.6. The summed E-state index contributed by atoms with van der Waals surface area (Å²) in [7, 11) is 0. The van der Waals surface area contributed by atoms with Gasteiger partial charge in [-0.15, -0.1) is 0 Å². The normalized spacial score (nSPS) is 11.6. The van der Waals surface area contributed by atoms with Crippen molar-refractivity contribution in [1.82, 2.24) is 10.1 Å². The molecule has 0 aliphatic heterocycles. The highest BCUT2D eigenvalue weighted by atomic mass is 19.2. The number of aromatic nitrogens is 1. The van der Waals surface area contributed by atoms with E-state index in [1.165, 1.54) is 11.8 Å². The van der Waals surface area contributed by atoms with Gasteiger partial charge in [-0.05, 0) is 34.6 Å². The molecule has 1 aromatic heterocycles. The predicted molar refractivity (Wildman–Crippen MR) is 86.7 cm³/mol. The Bertz CT molecular complexity index is 840. The molecule has 0 aliphatic carbocycles. The van der Waals surface area contributed by atoms with Crippen molar-refractivity contribution < 1.29 is 31.3 Å². The molecule has 27 heavy (non-hydrogen) atoms. The second kappa shape index (κ2) is 7.66. The molecular formula is C18H19F5N2O2. The Morgan fingerprint density at radius 3 is 1.81 bits per heavy atom. The monoisotopic (exact) mass is 390 g/mol. The van der Waals surface area contributed by atoms with Crippen LogP contribution in [0, 0.1) is 36.0 Å². The molecule has 0 aliphatic rings. The summed E-state index contributed by atoms with van der Waals surface area (Å²) in [4.78, 5) is 14.4. The van der Waals surface area contributed by atoms with Crippen LogP contribution in [0.1, 0.15) is 55.1 Å². The van der Waals surface area contributed by atoms with Crippen LogP contribution in [0.25, 0.3) is 0 Å². The zero-order valence-corrected chi connectivity index (χ0v) is 15.5.